The van der Waals surface area contributed by atoms with Crippen molar-refractivity contribution in [2.45, 2.75) is 6.10 Å². The lowest BCUT2D eigenvalue weighted by Crippen LogP contribution is -2.54. The molecule has 2 aliphatic rings. The minimum absolute atomic E-state index is 0.0208. The molecule has 4 heterocycles. The van der Waals surface area contributed by atoms with E-state index in [9.17, 15) is 4.79 Å². The van der Waals surface area contributed by atoms with E-state index in [0.29, 0.717) is 24.6 Å². The summed E-state index contributed by atoms with van der Waals surface area (Å²) in [7, 11) is 0. The van der Waals surface area contributed by atoms with Crippen molar-refractivity contribution in [2.24, 2.45) is 0 Å². The van der Waals surface area contributed by atoms with Gasteiger partial charge in [0.05, 0.1) is 5.39 Å². The van der Waals surface area contributed by atoms with Crippen LogP contribution < -0.4 is 14.4 Å². The summed E-state index contributed by atoms with van der Waals surface area (Å²) >= 11 is 1.61. The van der Waals surface area contributed by atoms with Gasteiger partial charge in [0.2, 0.25) is 6.10 Å². The van der Waals surface area contributed by atoms with Crippen molar-refractivity contribution in [3.05, 3.63) is 42.0 Å². The van der Waals surface area contributed by atoms with E-state index in [-0.39, 0.29) is 12.5 Å². The first-order chi connectivity index (χ1) is 13.3. The second-order valence-corrected chi connectivity index (χ2v) is 7.41. The molecule has 0 bridgehead atoms. The van der Waals surface area contributed by atoms with Gasteiger partial charge in [-0.25, -0.2) is 9.97 Å². The minimum Gasteiger partial charge on any atom is -0.485 e. The summed E-state index contributed by atoms with van der Waals surface area (Å²) in [5.41, 5.74) is 0. The average molecular weight is 382 g/mol. The number of anilines is 1. The van der Waals surface area contributed by atoms with Crippen molar-refractivity contribution in [2.75, 3.05) is 37.7 Å². The van der Waals surface area contributed by atoms with E-state index in [1.807, 2.05) is 34.5 Å². The van der Waals surface area contributed by atoms with E-state index < -0.39 is 6.10 Å². The maximum atomic E-state index is 12.9. The minimum atomic E-state index is -0.589. The van der Waals surface area contributed by atoms with Gasteiger partial charge in [-0.05, 0) is 23.6 Å². The molecule has 0 N–H and O–H groups in total. The highest BCUT2D eigenvalue weighted by Crippen LogP contribution is 2.32. The number of hydrogen-bond acceptors (Lipinski definition) is 7. The Kier molecular flexibility index (Phi) is 4.05. The smallest absolute Gasteiger partial charge is 0.267 e. The van der Waals surface area contributed by atoms with Crippen molar-refractivity contribution in [1.82, 2.24) is 14.9 Å². The quantitative estimate of drug-likeness (QED) is 0.677. The third kappa shape index (κ3) is 2.95. The van der Waals surface area contributed by atoms with Gasteiger partial charge in [-0.1, -0.05) is 12.1 Å². The largest absolute Gasteiger partial charge is 0.485 e. The van der Waals surface area contributed by atoms with Gasteiger partial charge in [0, 0.05) is 26.2 Å². The summed E-state index contributed by atoms with van der Waals surface area (Å²) < 4.78 is 11.5. The third-order valence-electron chi connectivity index (χ3n) is 4.92. The normalized spacial score (nSPS) is 19.3. The number of thiophene rings is 1. The Morgan fingerprint density at radius 2 is 1.89 bits per heavy atom. The highest BCUT2D eigenvalue weighted by Gasteiger charge is 2.33. The van der Waals surface area contributed by atoms with Gasteiger partial charge in [-0.2, -0.15) is 0 Å². The molecule has 2 aliphatic heterocycles. The van der Waals surface area contributed by atoms with Gasteiger partial charge in [0.1, 0.15) is 23.6 Å². The molecule has 1 aromatic carbocycles. The molecular weight excluding hydrogens is 364 g/mol. The average Bonchev–Trinajstić information content (AvgIpc) is 3.22. The number of carbonyl (C=O) groups is 1. The summed E-state index contributed by atoms with van der Waals surface area (Å²) in [6.07, 6.45) is 1.02. The van der Waals surface area contributed by atoms with Crippen LogP contribution in [-0.4, -0.2) is 59.7 Å². The fourth-order valence-corrected chi connectivity index (χ4v) is 4.24. The van der Waals surface area contributed by atoms with E-state index in [2.05, 4.69) is 20.9 Å². The fraction of sp³-hybridized carbons (Fsp3) is 0.316. The zero-order valence-electron chi connectivity index (χ0n) is 14.6. The molecule has 3 aromatic rings. The summed E-state index contributed by atoms with van der Waals surface area (Å²) in [4.78, 5) is 26.7. The maximum absolute atomic E-state index is 12.9. The standard InChI is InChI=1S/C19H18N4O3S/c24-19(16-11-25-14-3-1-2-4-15(14)26-16)23-8-6-22(7-9-23)17-13-5-10-27-18(13)21-12-20-17/h1-5,10,12,16H,6-9,11H2/t16-/m0/s1. The third-order valence-corrected chi connectivity index (χ3v) is 5.74. The number of para-hydroxylation sites is 2. The number of piperazine rings is 1. The van der Waals surface area contributed by atoms with Crippen LogP contribution in [0.2, 0.25) is 0 Å². The molecule has 1 amide bonds. The Morgan fingerprint density at radius 3 is 2.74 bits per heavy atom. The van der Waals surface area contributed by atoms with Gasteiger partial charge in [-0.3, -0.25) is 4.79 Å². The monoisotopic (exact) mass is 382 g/mol. The molecule has 0 spiro atoms. The number of nitrogens with zero attached hydrogens (tertiary/aromatic N) is 4. The van der Waals surface area contributed by atoms with Crippen LogP contribution in [0.1, 0.15) is 0 Å². The molecule has 7 nitrogen and oxygen atoms in total. The molecule has 2 aromatic heterocycles. The molecule has 8 heteroatoms. The molecule has 1 saturated heterocycles. The van der Waals surface area contributed by atoms with Gasteiger partial charge in [-0.15, -0.1) is 11.3 Å². The molecule has 1 fully saturated rings. The van der Waals surface area contributed by atoms with E-state index in [1.165, 1.54) is 0 Å². The molecule has 0 aliphatic carbocycles. The molecule has 27 heavy (non-hydrogen) atoms. The zero-order valence-corrected chi connectivity index (χ0v) is 15.4. The number of benzene rings is 1. The van der Waals surface area contributed by atoms with E-state index in [4.69, 9.17) is 9.47 Å². The lowest BCUT2D eigenvalue weighted by Gasteiger charge is -2.37. The van der Waals surface area contributed by atoms with E-state index in [1.54, 1.807) is 17.7 Å². The Balaban J connectivity index is 1.26. The Hall–Kier alpha value is -2.87. The maximum Gasteiger partial charge on any atom is 0.267 e. The summed E-state index contributed by atoms with van der Waals surface area (Å²) in [5, 5.41) is 3.10. The summed E-state index contributed by atoms with van der Waals surface area (Å²) in [6.45, 7) is 2.99. The summed E-state index contributed by atoms with van der Waals surface area (Å²) in [5.74, 6) is 2.24. The number of aromatic nitrogens is 2. The molecular formula is C19H18N4O3S. The Bertz CT molecular complexity index is 984. The van der Waals surface area contributed by atoms with Crippen LogP contribution in [0.15, 0.2) is 42.0 Å². The molecule has 138 valence electrons. The molecule has 0 saturated carbocycles. The van der Waals surface area contributed by atoms with Crippen LogP contribution in [0, 0.1) is 0 Å². The number of carbonyl (C=O) groups excluding carboxylic acids is 1. The predicted octanol–water partition coefficient (Wildman–Crippen LogP) is 2.18. The first kappa shape index (κ1) is 16.3. The zero-order chi connectivity index (χ0) is 18.2. The van der Waals surface area contributed by atoms with Crippen molar-refractivity contribution in [1.29, 1.82) is 0 Å². The lowest BCUT2D eigenvalue weighted by molar-refractivity contribution is -0.141. The molecule has 0 unspecified atom stereocenters. The SMILES string of the molecule is O=C([C@@H]1COc2ccccc2O1)N1CCN(c2ncnc3sccc23)CC1. The van der Waals surface area contributed by atoms with Crippen LogP contribution in [-0.2, 0) is 4.79 Å². The van der Waals surface area contributed by atoms with E-state index in [0.717, 1.165) is 29.1 Å². The second-order valence-electron chi connectivity index (χ2n) is 6.51. The van der Waals surface area contributed by atoms with Gasteiger partial charge in [0.25, 0.3) is 5.91 Å². The van der Waals surface area contributed by atoms with Gasteiger partial charge < -0.3 is 19.3 Å². The first-order valence-corrected chi connectivity index (χ1v) is 9.78. The van der Waals surface area contributed by atoms with E-state index >= 15 is 0 Å². The van der Waals surface area contributed by atoms with Crippen LogP contribution in [0.5, 0.6) is 11.5 Å². The number of amides is 1. The van der Waals surface area contributed by atoms with Crippen molar-refractivity contribution < 1.29 is 14.3 Å². The van der Waals surface area contributed by atoms with Gasteiger partial charge >= 0.3 is 0 Å². The van der Waals surface area contributed by atoms with Crippen LogP contribution in [0.4, 0.5) is 5.82 Å². The summed E-state index contributed by atoms with van der Waals surface area (Å²) in [6, 6.07) is 9.50. The number of ether oxygens (including phenoxy) is 2. The highest BCUT2D eigenvalue weighted by molar-refractivity contribution is 7.16. The number of fused-ring (bicyclic) bond motifs is 2. The molecule has 0 radical (unpaired) electrons. The lowest BCUT2D eigenvalue weighted by atomic mass is 10.2. The molecule has 5 rings (SSSR count). The number of hydrogen-bond donors (Lipinski definition) is 0. The van der Waals surface area contributed by atoms with Crippen LogP contribution >= 0.6 is 11.3 Å². The highest BCUT2D eigenvalue weighted by atomic mass is 32.1. The number of rotatable bonds is 2. The van der Waals surface area contributed by atoms with Crippen LogP contribution in [0.3, 0.4) is 0 Å². The van der Waals surface area contributed by atoms with Crippen LogP contribution in [0.25, 0.3) is 10.2 Å². The van der Waals surface area contributed by atoms with Crippen molar-refractivity contribution >= 4 is 33.3 Å². The second kappa shape index (κ2) is 6.70. The van der Waals surface area contributed by atoms with Gasteiger partial charge in [0.15, 0.2) is 11.5 Å². The topological polar surface area (TPSA) is 67.8 Å². The van der Waals surface area contributed by atoms with Crippen molar-refractivity contribution in [3.8, 4) is 11.5 Å². The Morgan fingerprint density at radius 1 is 1.07 bits per heavy atom. The van der Waals surface area contributed by atoms with Crippen molar-refractivity contribution in [3.63, 3.8) is 0 Å². The predicted molar refractivity (Wildman–Crippen MR) is 103 cm³/mol. The Labute approximate surface area is 160 Å². The fourth-order valence-electron chi connectivity index (χ4n) is 3.51. The molecule has 1 atom stereocenters. The first-order valence-electron chi connectivity index (χ1n) is 8.90.